The number of halogens is 1. The van der Waals surface area contributed by atoms with Crippen molar-refractivity contribution in [1.29, 1.82) is 0 Å². The first-order valence-electron chi connectivity index (χ1n) is 8.20. The third kappa shape index (κ3) is 4.12. The van der Waals surface area contributed by atoms with Crippen LogP contribution in [0.2, 0.25) is 5.02 Å². The third-order valence-electron chi connectivity index (χ3n) is 3.74. The molecule has 0 aliphatic heterocycles. The number of fused-ring (bicyclic) bond motifs is 1. The molecule has 0 radical (unpaired) electrons. The molecule has 0 saturated carbocycles. The second-order valence-electron chi connectivity index (χ2n) is 5.61. The zero-order valence-corrected chi connectivity index (χ0v) is 14.4. The zero-order valence-electron chi connectivity index (χ0n) is 13.7. The van der Waals surface area contributed by atoms with Gasteiger partial charge >= 0.3 is 0 Å². The summed E-state index contributed by atoms with van der Waals surface area (Å²) >= 11 is 5.92. The third-order valence-corrected chi connectivity index (χ3v) is 3.99. The van der Waals surface area contributed by atoms with Crippen LogP contribution in [0.4, 0.5) is 5.82 Å². The molecular formula is C20H20ClN3. The molecule has 3 aromatic rings. The van der Waals surface area contributed by atoms with Gasteiger partial charge in [0.25, 0.3) is 0 Å². The fourth-order valence-corrected chi connectivity index (χ4v) is 2.56. The predicted octanol–water partition coefficient (Wildman–Crippen LogP) is 5.67. The largest absolute Gasteiger partial charge is 0.369 e. The van der Waals surface area contributed by atoms with Crippen molar-refractivity contribution in [3.63, 3.8) is 0 Å². The lowest BCUT2D eigenvalue weighted by Crippen LogP contribution is -2.05. The van der Waals surface area contributed by atoms with Crippen molar-refractivity contribution in [3.8, 4) is 0 Å². The summed E-state index contributed by atoms with van der Waals surface area (Å²) in [5.41, 5.74) is 2.01. The molecule has 0 fully saturated rings. The Hall–Kier alpha value is -2.39. The smallest absolute Gasteiger partial charge is 0.154 e. The molecule has 1 heterocycles. The summed E-state index contributed by atoms with van der Waals surface area (Å²) in [6.45, 7) is 3.10. The van der Waals surface area contributed by atoms with Gasteiger partial charge in [0.2, 0.25) is 0 Å². The number of aromatic nitrogens is 2. The maximum absolute atomic E-state index is 5.92. The summed E-state index contributed by atoms with van der Waals surface area (Å²) in [6.07, 6.45) is 6.20. The Balaban J connectivity index is 1.91. The maximum Gasteiger partial charge on any atom is 0.154 e. The van der Waals surface area contributed by atoms with Gasteiger partial charge in [-0.2, -0.15) is 0 Å². The van der Waals surface area contributed by atoms with Crippen LogP contribution in [0.1, 0.15) is 31.2 Å². The van der Waals surface area contributed by atoms with Crippen LogP contribution in [0.5, 0.6) is 0 Å². The van der Waals surface area contributed by atoms with E-state index in [9.17, 15) is 0 Å². The predicted molar refractivity (Wildman–Crippen MR) is 103 cm³/mol. The van der Waals surface area contributed by atoms with Crippen molar-refractivity contribution in [2.24, 2.45) is 0 Å². The molecule has 1 aromatic heterocycles. The van der Waals surface area contributed by atoms with E-state index in [2.05, 4.69) is 28.3 Å². The first-order valence-corrected chi connectivity index (χ1v) is 8.58. The first kappa shape index (κ1) is 16.5. The summed E-state index contributed by atoms with van der Waals surface area (Å²) in [5, 5.41) is 5.22. The Labute approximate surface area is 147 Å². The van der Waals surface area contributed by atoms with Gasteiger partial charge in [-0.05, 0) is 42.3 Å². The minimum absolute atomic E-state index is 0.697. The van der Waals surface area contributed by atoms with Crippen molar-refractivity contribution >= 4 is 40.5 Å². The van der Waals surface area contributed by atoms with E-state index in [-0.39, 0.29) is 0 Å². The molecule has 0 aliphatic carbocycles. The second-order valence-corrected chi connectivity index (χ2v) is 6.05. The molecule has 24 heavy (non-hydrogen) atoms. The molecule has 2 aromatic carbocycles. The van der Waals surface area contributed by atoms with Crippen molar-refractivity contribution in [2.45, 2.75) is 19.8 Å². The van der Waals surface area contributed by atoms with E-state index in [1.807, 2.05) is 54.6 Å². The molecule has 0 atom stereocenters. The van der Waals surface area contributed by atoms with Gasteiger partial charge in [0.05, 0.1) is 5.52 Å². The number of hydrogen-bond donors (Lipinski definition) is 1. The maximum atomic E-state index is 5.92. The average molecular weight is 338 g/mol. The van der Waals surface area contributed by atoms with Crippen LogP contribution in [0, 0.1) is 0 Å². The lowest BCUT2D eigenvalue weighted by atomic mass is 10.2. The molecule has 3 nitrogen and oxygen atoms in total. The van der Waals surface area contributed by atoms with Gasteiger partial charge in [-0.1, -0.05) is 55.3 Å². The SMILES string of the molecule is CCCCNc1nc(/C=C/c2ccc(Cl)cc2)nc2ccccc12. The fourth-order valence-electron chi connectivity index (χ4n) is 2.43. The second kappa shape index (κ2) is 7.93. The van der Waals surface area contributed by atoms with E-state index in [0.717, 1.165) is 46.7 Å². The Morgan fingerprint density at radius 3 is 2.58 bits per heavy atom. The number of rotatable bonds is 6. The Morgan fingerprint density at radius 1 is 1.00 bits per heavy atom. The van der Waals surface area contributed by atoms with Gasteiger partial charge in [-0.25, -0.2) is 9.97 Å². The summed E-state index contributed by atoms with van der Waals surface area (Å²) in [4.78, 5) is 9.30. The van der Waals surface area contributed by atoms with Crippen LogP contribution in [0.3, 0.4) is 0 Å². The monoisotopic (exact) mass is 337 g/mol. The molecule has 0 aliphatic rings. The zero-order chi connectivity index (χ0) is 16.8. The van der Waals surface area contributed by atoms with Crippen molar-refractivity contribution < 1.29 is 0 Å². The number of hydrogen-bond acceptors (Lipinski definition) is 3. The van der Waals surface area contributed by atoms with Gasteiger partial charge in [-0.3, -0.25) is 0 Å². The van der Waals surface area contributed by atoms with Crippen LogP contribution >= 0.6 is 11.6 Å². The number of unbranched alkanes of at least 4 members (excludes halogenated alkanes) is 1. The number of nitrogens with one attached hydrogen (secondary N) is 1. The summed E-state index contributed by atoms with van der Waals surface area (Å²) in [5.74, 6) is 1.59. The number of anilines is 1. The highest BCUT2D eigenvalue weighted by Gasteiger charge is 2.05. The van der Waals surface area contributed by atoms with Crippen molar-refractivity contribution in [3.05, 3.63) is 64.9 Å². The molecule has 0 spiro atoms. The first-order chi connectivity index (χ1) is 11.8. The van der Waals surface area contributed by atoms with E-state index in [1.165, 1.54) is 0 Å². The highest BCUT2D eigenvalue weighted by Crippen LogP contribution is 2.21. The summed E-state index contributed by atoms with van der Waals surface area (Å²) in [7, 11) is 0. The highest BCUT2D eigenvalue weighted by atomic mass is 35.5. The molecule has 4 heteroatoms. The van der Waals surface area contributed by atoms with Gasteiger partial charge in [0.1, 0.15) is 5.82 Å². The van der Waals surface area contributed by atoms with E-state index in [1.54, 1.807) is 0 Å². The summed E-state index contributed by atoms with van der Waals surface area (Å²) < 4.78 is 0. The molecule has 3 rings (SSSR count). The summed E-state index contributed by atoms with van der Waals surface area (Å²) in [6, 6.07) is 15.8. The van der Waals surface area contributed by atoms with Crippen LogP contribution in [0.15, 0.2) is 48.5 Å². The van der Waals surface area contributed by atoms with Crippen molar-refractivity contribution in [1.82, 2.24) is 9.97 Å². The van der Waals surface area contributed by atoms with Crippen LogP contribution in [0.25, 0.3) is 23.1 Å². The van der Waals surface area contributed by atoms with Crippen LogP contribution in [-0.4, -0.2) is 16.5 Å². The van der Waals surface area contributed by atoms with Crippen LogP contribution < -0.4 is 5.32 Å². The normalized spacial score (nSPS) is 11.2. The molecule has 122 valence electrons. The van der Waals surface area contributed by atoms with Gasteiger partial charge in [-0.15, -0.1) is 0 Å². The molecular weight excluding hydrogens is 318 g/mol. The molecule has 0 saturated heterocycles. The lowest BCUT2D eigenvalue weighted by Gasteiger charge is -2.09. The number of benzene rings is 2. The standard InChI is InChI=1S/C20H20ClN3/c1-2-3-14-22-20-17-6-4-5-7-18(17)23-19(24-20)13-10-15-8-11-16(21)12-9-15/h4-13H,2-3,14H2,1H3,(H,22,23,24)/b13-10+. The number of nitrogens with zero attached hydrogens (tertiary/aromatic N) is 2. The molecule has 1 N–H and O–H groups in total. The Kier molecular flexibility index (Phi) is 5.44. The molecule has 0 unspecified atom stereocenters. The van der Waals surface area contributed by atoms with Gasteiger partial charge < -0.3 is 5.32 Å². The Bertz CT molecular complexity index is 841. The van der Waals surface area contributed by atoms with Gasteiger partial charge in [0, 0.05) is 17.0 Å². The topological polar surface area (TPSA) is 37.8 Å². The fraction of sp³-hybridized carbons (Fsp3) is 0.200. The minimum Gasteiger partial charge on any atom is -0.369 e. The quantitative estimate of drug-likeness (QED) is 0.589. The average Bonchev–Trinajstić information content (AvgIpc) is 2.61. The van der Waals surface area contributed by atoms with Gasteiger partial charge in [0.15, 0.2) is 5.82 Å². The lowest BCUT2D eigenvalue weighted by molar-refractivity contribution is 0.831. The number of para-hydroxylation sites is 1. The van der Waals surface area contributed by atoms with E-state index >= 15 is 0 Å². The van der Waals surface area contributed by atoms with E-state index < -0.39 is 0 Å². The molecule has 0 bridgehead atoms. The van der Waals surface area contributed by atoms with E-state index in [4.69, 9.17) is 11.6 Å². The van der Waals surface area contributed by atoms with E-state index in [0.29, 0.717) is 5.82 Å². The van der Waals surface area contributed by atoms with Crippen LogP contribution in [-0.2, 0) is 0 Å². The highest BCUT2D eigenvalue weighted by molar-refractivity contribution is 6.30. The molecule has 0 amide bonds. The Morgan fingerprint density at radius 2 is 1.79 bits per heavy atom. The minimum atomic E-state index is 0.697. The van der Waals surface area contributed by atoms with Crippen molar-refractivity contribution in [2.75, 3.05) is 11.9 Å².